The fourth-order valence-electron chi connectivity index (χ4n) is 2.87. The van der Waals surface area contributed by atoms with Gasteiger partial charge in [0.25, 0.3) is 0 Å². The van der Waals surface area contributed by atoms with Crippen molar-refractivity contribution < 1.29 is 30.5 Å². The van der Waals surface area contributed by atoms with E-state index < -0.39 is 5.69 Å². The summed E-state index contributed by atoms with van der Waals surface area (Å²) in [4.78, 5) is 10.2. The monoisotopic (exact) mass is 508 g/mol. The van der Waals surface area contributed by atoms with Crippen LogP contribution >= 0.6 is 17.1 Å². The molecule has 0 aliphatic rings. The molecule has 0 radical (unpaired) electrons. The molecule has 0 aromatic heterocycles. The van der Waals surface area contributed by atoms with Gasteiger partial charge in [0.05, 0.1) is 6.61 Å². The van der Waals surface area contributed by atoms with Crippen molar-refractivity contribution in [3.05, 3.63) is 0 Å². The first-order chi connectivity index (χ1) is 12.1. The molecule has 1 atom stereocenters. The van der Waals surface area contributed by atoms with Crippen molar-refractivity contribution in [2.45, 2.75) is 117 Å². The molecule has 0 amide bonds. The van der Waals surface area contributed by atoms with Crippen LogP contribution in [0.3, 0.4) is 0 Å². The number of rotatable bonds is 20. The van der Waals surface area contributed by atoms with Crippen LogP contribution in [0.4, 0.5) is 0 Å². The minimum atomic E-state index is -2.58. The predicted octanol–water partition coefficient (Wildman–Crippen LogP) is 8.23. The van der Waals surface area contributed by atoms with Crippen LogP contribution in [0, 0.1) is 0 Å². The SMILES string of the molecule is CCCCCCCCCCOP(O)(=S)SCCCCCCCCCC.[Mo]. The fraction of sp³-hybridized carbons (Fsp3) is 1.00. The summed E-state index contributed by atoms with van der Waals surface area (Å²) in [5.74, 6) is 0.945. The molecule has 0 aliphatic heterocycles. The average molecular weight is 507 g/mol. The Kier molecular flexibility index (Phi) is 26.2. The summed E-state index contributed by atoms with van der Waals surface area (Å²) in [5, 5.41) is 0. The number of unbranched alkanes of at least 4 members (excludes halogenated alkanes) is 14. The Balaban J connectivity index is 0. The van der Waals surface area contributed by atoms with Crippen molar-refractivity contribution in [1.29, 1.82) is 0 Å². The summed E-state index contributed by atoms with van der Waals surface area (Å²) in [6.45, 7) is 5.14. The maximum Gasteiger partial charge on any atom is 0.244 e. The maximum absolute atomic E-state index is 10.2. The Morgan fingerprint density at radius 1 is 0.692 bits per heavy atom. The van der Waals surface area contributed by atoms with E-state index >= 15 is 0 Å². The third kappa shape index (κ3) is 23.6. The van der Waals surface area contributed by atoms with Crippen LogP contribution in [0.5, 0.6) is 0 Å². The quantitative estimate of drug-likeness (QED) is 0.102. The Hall–Kier alpha value is 1.61. The van der Waals surface area contributed by atoms with E-state index in [0.717, 1.165) is 18.6 Å². The van der Waals surface area contributed by atoms with Gasteiger partial charge in [-0.3, -0.25) is 0 Å². The van der Waals surface area contributed by atoms with Crippen molar-refractivity contribution in [2.24, 2.45) is 0 Å². The second kappa shape index (κ2) is 22.9. The van der Waals surface area contributed by atoms with E-state index in [4.69, 9.17) is 16.3 Å². The zero-order valence-corrected chi connectivity index (χ0v) is 21.8. The summed E-state index contributed by atoms with van der Waals surface area (Å²) in [6, 6.07) is 0. The normalized spacial score (nSPS) is 13.3. The molecule has 0 saturated heterocycles. The van der Waals surface area contributed by atoms with Crippen LogP contribution in [0.25, 0.3) is 0 Å². The molecule has 6 heteroatoms. The molecular weight excluding hydrogens is 463 g/mol. The predicted molar refractivity (Wildman–Crippen MR) is 120 cm³/mol. The summed E-state index contributed by atoms with van der Waals surface area (Å²) in [6.07, 6.45) is 20.8. The number of hydrogen-bond acceptors (Lipinski definition) is 3. The van der Waals surface area contributed by atoms with Gasteiger partial charge < -0.3 is 9.42 Å². The molecule has 158 valence electrons. The van der Waals surface area contributed by atoms with Gasteiger partial charge in [0, 0.05) is 26.8 Å². The average Bonchev–Trinajstić information content (AvgIpc) is 2.59. The largest absolute Gasteiger partial charge is 0.337 e. The Morgan fingerprint density at radius 2 is 1.08 bits per heavy atom. The molecule has 0 spiro atoms. The van der Waals surface area contributed by atoms with Gasteiger partial charge >= 0.3 is 0 Å². The molecule has 0 aromatic rings. The summed E-state index contributed by atoms with van der Waals surface area (Å²) in [7, 11) is 0. The first-order valence-corrected chi connectivity index (χ1v) is 15.0. The Morgan fingerprint density at radius 3 is 1.54 bits per heavy atom. The van der Waals surface area contributed by atoms with Crippen LogP contribution in [0.1, 0.15) is 117 Å². The van der Waals surface area contributed by atoms with Gasteiger partial charge in [-0.25, -0.2) is 0 Å². The minimum Gasteiger partial charge on any atom is -0.337 e. The van der Waals surface area contributed by atoms with E-state index in [-0.39, 0.29) is 21.1 Å². The summed E-state index contributed by atoms with van der Waals surface area (Å²) < 4.78 is 5.59. The first-order valence-electron chi connectivity index (χ1n) is 10.7. The van der Waals surface area contributed by atoms with Crippen LogP contribution in [-0.4, -0.2) is 17.3 Å². The molecule has 0 bridgehead atoms. The van der Waals surface area contributed by atoms with Crippen molar-refractivity contribution in [2.75, 3.05) is 12.4 Å². The molecule has 1 N–H and O–H groups in total. The van der Waals surface area contributed by atoms with Gasteiger partial charge in [0.15, 0.2) is 0 Å². The van der Waals surface area contributed by atoms with Crippen molar-refractivity contribution in [1.82, 2.24) is 0 Å². The maximum atomic E-state index is 10.2. The Labute approximate surface area is 187 Å². The molecule has 0 aliphatic carbocycles. The van der Waals surface area contributed by atoms with Gasteiger partial charge in [-0.1, -0.05) is 115 Å². The number of hydrogen-bond donors (Lipinski definition) is 1. The van der Waals surface area contributed by atoms with E-state index in [1.807, 2.05) is 0 Å². The van der Waals surface area contributed by atoms with E-state index in [0.29, 0.717) is 6.61 Å². The van der Waals surface area contributed by atoms with Gasteiger partial charge in [-0.15, -0.1) is 0 Å². The van der Waals surface area contributed by atoms with E-state index in [1.54, 1.807) is 0 Å². The van der Waals surface area contributed by atoms with E-state index in [1.165, 1.54) is 101 Å². The van der Waals surface area contributed by atoms with Crippen molar-refractivity contribution in [3.63, 3.8) is 0 Å². The smallest absolute Gasteiger partial charge is 0.244 e. The molecule has 0 rings (SSSR count). The molecule has 1 unspecified atom stereocenters. The van der Waals surface area contributed by atoms with E-state index in [2.05, 4.69) is 13.8 Å². The van der Waals surface area contributed by atoms with Crippen molar-refractivity contribution in [3.8, 4) is 0 Å². The Bertz CT molecular complexity index is 294. The van der Waals surface area contributed by atoms with Crippen LogP contribution in [-0.2, 0) is 37.4 Å². The van der Waals surface area contributed by atoms with E-state index in [9.17, 15) is 4.89 Å². The first kappa shape index (κ1) is 29.8. The zero-order chi connectivity index (χ0) is 18.6. The topological polar surface area (TPSA) is 29.5 Å². The van der Waals surface area contributed by atoms with Gasteiger partial charge in [-0.2, -0.15) is 0 Å². The van der Waals surface area contributed by atoms with Gasteiger partial charge in [0.2, 0.25) is 5.69 Å². The van der Waals surface area contributed by atoms with Crippen molar-refractivity contribution >= 4 is 28.9 Å². The van der Waals surface area contributed by atoms with Gasteiger partial charge in [0.1, 0.15) is 0 Å². The molecule has 0 aromatic carbocycles. The summed E-state index contributed by atoms with van der Waals surface area (Å²) >= 11 is 6.74. The summed E-state index contributed by atoms with van der Waals surface area (Å²) in [5.41, 5.74) is -2.58. The molecule has 0 saturated carbocycles. The molecule has 0 fully saturated rings. The minimum absolute atomic E-state index is 0. The third-order valence-electron chi connectivity index (χ3n) is 4.50. The molecule has 26 heavy (non-hydrogen) atoms. The standard InChI is InChI=1S/C20H43O2PS2.Mo/c1-3-5-7-9-11-13-15-17-19-22-23(21,24)25-20-18-16-14-12-10-8-6-4-2;/h3-20H2,1-2H3,(H,21,24);. The van der Waals surface area contributed by atoms with Crippen LogP contribution in [0.2, 0.25) is 0 Å². The molecule has 0 heterocycles. The zero-order valence-electron chi connectivity index (χ0n) is 17.3. The molecule has 2 nitrogen and oxygen atoms in total. The third-order valence-corrected chi connectivity index (χ3v) is 8.92. The van der Waals surface area contributed by atoms with Crippen LogP contribution in [0.15, 0.2) is 0 Å². The molecular formula is C20H43MoO2PS2. The second-order valence-electron chi connectivity index (χ2n) is 7.08. The second-order valence-corrected chi connectivity index (χ2v) is 13.4. The van der Waals surface area contributed by atoms with Gasteiger partial charge in [-0.05, 0) is 24.6 Å². The fourth-order valence-corrected chi connectivity index (χ4v) is 6.29. The van der Waals surface area contributed by atoms with Crippen LogP contribution < -0.4 is 0 Å².